The zero-order chi connectivity index (χ0) is 21.4. The molecule has 3 aromatic heterocycles. The van der Waals surface area contributed by atoms with Gasteiger partial charge in [-0.15, -0.1) is 0 Å². The zero-order valence-electron chi connectivity index (χ0n) is 17.5. The first-order valence-corrected chi connectivity index (χ1v) is 10.4. The second kappa shape index (κ2) is 7.97. The second-order valence-corrected chi connectivity index (χ2v) is 7.63. The molecule has 30 heavy (non-hydrogen) atoms. The number of furan rings is 1. The van der Waals surface area contributed by atoms with Crippen LogP contribution in [0.1, 0.15) is 45.0 Å². The zero-order valence-corrected chi connectivity index (χ0v) is 17.5. The molecule has 0 aliphatic carbocycles. The molecule has 9 heteroatoms. The Morgan fingerprint density at radius 3 is 2.87 bits per heavy atom. The van der Waals surface area contributed by atoms with Gasteiger partial charge in [0.05, 0.1) is 24.3 Å². The molecule has 9 nitrogen and oxygen atoms in total. The summed E-state index contributed by atoms with van der Waals surface area (Å²) in [7, 11) is 0. The molecule has 0 radical (unpaired) electrons. The number of hydrogen-bond donors (Lipinski definition) is 0. The molecule has 4 heterocycles. The number of carbonyl (C=O) groups is 2. The van der Waals surface area contributed by atoms with E-state index in [0.29, 0.717) is 49.5 Å². The third-order valence-corrected chi connectivity index (χ3v) is 5.75. The Bertz CT molecular complexity index is 1160. The highest BCUT2D eigenvalue weighted by molar-refractivity contribution is 5.84. The van der Waals surface area contributed by atoms with E-state index in [0.717, 1.165) is 11.9 Å². The van der Waals surface area contributed by atoms with Crippen LogP contribution >= 0.6 is 0 Å². The standard InChI is InChI=1S/C21H26N4O5/c1-4-15(19(26)23-9-6-7-14(12-23)21(28)29-5-2)25-20(27)17-11-18-16(8-10-30-18)24(17)13(3)22-25/h8,10-11,14-15H,4-7,9,12H2,1-3H3. The largest absolute Gasteiger partial charge is 0.466 e. The summed E-state index contributed by atoms with van der Waals surface area (Å²) >= 11 is 0. The van der Waals surface area contributed by atoms with Crippen molar-refractivity contribution >= 4 is 28.5 Å². The summed E-state index contributed by atoms with van der Waals surface area (Å²) in [4.78, 5) is 40.3. The lowest BCUT2D eigenvalue weighted by atomic mass is 9.97. The minimum atomic E-state index is -0.733. The molecular weight excluding hydrogens is 388 g/mol. The van der Waals surface area contributed by atoms with Crippen molar-refractivity contribution in [1.82, 2.24) is 19.1 Å². The van der Waals surface area contributed by atoms with Gasteiger partial charge in [-0.05, 0) is 33.1 Å². The number of carbonyl (C=O) groups excluding carboxylic acids is 2. The maximum absolute atomic E-state index is 13.3. The lowest BCUT2D eigenvalue weighted by Crippen LogP contribution is -2.47. The summed E-state index contributed by atoms with van der Waals surface area (Å²) in [5.74, 6) is -0.201. The van der Waals surface area contributed by atoms with Crippen LogP contribution in [0.25, 0.3) is 16.6 Å². The lowest BCUT2D eigenvalue weighted by Gasteiger charge is -2.34. The SMILES string of the molecule is CCOC(=O)C1CCCN(C(=O)C(CC)n2nc(C)n3c(cc4occc43)c2=O)C1. The van der Waals surface area contributed by atoms with Gasteiger partial charge in [-0.1, -0.05) is 6.92 Å². The van der Waals surface area contributed by atoms with Gasteiger partial charge < -0.3 is 14.1 Å². The number of ether oxygens (including phenoxy) is 1. The molecule has 1 saturated heterocycles. The predicted molar refractivity (Wildman–Crippen MR) is 109 cm³/mol. The van der Waals surface area contributed by atoms with Crippen LogP contribution in [0.2, 0.25) is 0 Å². The predicted octanol–water partition coefficient (Wildman–Crippen LogP) is 2.30. The van der Waals surface area contributed by atoms with Crippen LogP contribution in [0.5, 0.6) is 0 Å². The van der Waals surface area contributed by atoms with Crippen LogP contribution in [-0.4, -0.2) is 50.7 Å². The Labute approximate surface area is 173 Å². The summed E-state index contributed by atoms with van der Waals surface area (Å²) in [5.41, 5.74) is 1.45. The number of hydrogen-bond acceptors (Lipinski definition) is 6. The summed E-state index contributed by atoms with van der Waals surface area (Å²) in [6, 6.07) is 2.73. The highest BCUT2D eigenvalue weighted by atomic mass is 16.5. The van der Waals surface area contributed by atoms with Gasteiger partial charge in [-0.3, -0.25) is 18.8 Å². The van der Waals surface area contributed by atoms with Gasteiger partial charge in [-0.2, -0.15) is 5.10 Å². The molecule has 0 spiro atoms. The van der Waals surface area contributed by atoms with Crippen LogP contribution in [0.3, 0.4) is 0 Å². The molecular formula is C21H26N4O5. The van der Waals surface area contributed by atoms with Crippen LogP contribution in [-0.2, 0) is 14.3 Å². The molecule has 1 fully saturated rings. The number of piperidine rings is 1. The Balaban J connectivity index is 1.67. The maximum atomic E-state index is 13.3. The van der Waals surface area contributed by atoms with Gasteiger partial charge in [0.1, 0.15) is 17.4 Å². The van der Waals surface area contributed by atoms with E-state index in [1.165, 1.54) is 4.68 Å². The first-order chi connectivity index (χ1) is 14.5. The average Bonchev–Trinajstić information content (AvgIpc) is 3.34. The van der Waals surface area contributed by atoms with Crippen molar-refractivity contribution in [2.24, 2.45) is 5.92 Å². The lowest BCUT2D eigenvalue weighted by molar-refractivity contribution is -0.151. The van der Waals surface area contributed by atoms with Crippen LogP contribution < -0.4 is 5.56 Å². The number of fused-ring (bicyclic) bond motifs is 3. The molecule has 1 aliphatic heterocycles. The van der Waals surface area contributed by atoms with Gasteiger partial charge >= 0.3 is 5.97 Å². The number of likely N-dealkylation sites (tertiary alicyclic amines) is 1. The maximum Gasteiger partial charge on any atom is 0.310 e. The summed E-state index contributed by atoms with van der Waals surface area (Å²) in [6.07, 6.45) is 3.41. The Morgan fingerprint density at radius 2 is 2.13 bits per heavy atom. The van der Waals surface area contributed by atoms with Gasteiger partial charge in [0.25, 0.3) is 5.56 Å². The number of aromatic nitrogens is 3. The second-order valence-electron chi connectivity index (χ2n) is 7.63. The monoisotopic (exact) mass is 414 g/mol. The summed E-state index contributed by atoms with van der Waals surface area (Å²) in [5, 5.41) is 4.46. The molecule has 0 saturated carbocycles. The fourth-order valence-corrected chi connectivity index (χ4v) is 4.30. The first-order valence-electron chi connectivity index (χ1n) is 10.4. The molecule has 2 unspecified atom stereocenters. The molecule has 4 rings (SSSR count). The molecule has 2 atom stereocenters. The Kier molecular flexibility index (Phi) is 5.36. The highest BCUT2D eigenvalue weighted by Gasteiger charge is 2.34. The normalized spacial score (nSPS) is 18.1. The fourth-order valence-electron chi connectivity index (χ4n) is 4.30. The van der Waals surface area contributed by atoms with Crippen molar-refractivity contribution in [2.45, 2.75) is 46.1 Å². The average molecular weight is 414 g/mol. The van der Waals surface area contributed by atoms with E-state index in [1.807, 2.05) is 6.92 Å². The summed E-state index contributed by atoms with van der Waals surface area (Å²) in [6.45, 7) is 6.60. The number of aryl methyl sites for hydroxylation is 1. The van der Waals surface area contributed by atoms with E-state index >= 15 is 0 Å². The number of esters is 1. The van der Waals surface area contributed by atoms with Crippen LogP contribution in [0.15, 0.2) is 27.6 Å². The number of rotatable bonds is 5. The fraction of sp³-hybridized carbons (Fsp3) is 0.524. The summed E-state index contributed by atoms with van der Waals surface area (Å²) < 4.78 is 13.6. The van der Waals surface area contributed by atoms with Crippen molar-refractivity contribution in [3.8, 4) is 0 Å². The minimum Gasteiger partial charge on any atom is -0.466 e. The molecule has 1 amide bonds. The Morgan fingerprint density at radius 1 is 1.33 bits per heavy atom. The molecule has 160 valence electrons. The van der Waals surface area contributed by atoms with Crippen molar-refractivity contribution in [1.29, 1.82) is 0 Å². The first kappa shape index (κ1) is 20.2. The molecule has 0 aromatic carbocycles. The molecule has 1 aliphatic rings. The molecule has 0 bridgehead atoms. The van der Waals surface area contributed by atoms with Crippen molar-refractivity contribution in [3.63, 3.8) is 0 Å². The topological polar surface area (TPSA) is 99.1 Å². The minimum absolute atomic E-state index is 0.194. The van der Waals surface area contributed by atoms with Crippen molar-refractivity contribution in [3.05, 3.63) is 34.6 Å². The van der Waals surface area contributed by atoms with Gasteiger partial charge in [-0.25, -0.2) is 4.68 Å². The van der Waals surface area contributed by atoms with Crippen molar-refractivity contribution < 1.29 is 18.7 Å². The van der Waals surface area contributed by atoms with Gasteiger partial charge in [0.2, 0.25) is 5.91 Å². The Hall–Kier alpha value is -3.10. The number of amides is 1. The smallest absolute Gasteiger partial charge is 0.310 e. The van der Waals surface area contributed by atoms with Gasteiger partial charge in [0.15, 0.2) is 5.58 Å². The number of nitrogens with zero attached hydrogens (tertiary/aromatic N) is 4. The van der Waals surface area contributed by atoms with E-state index in [4.69, 9.17) is 9.15 Å². The van der Waals surface area contributed by atoms with E-state index in [9.17, 15) is 14.4 Å². The van der Waals surface area contributed by atoms with E-state index in [-0.39, 0.29) is 23.4 Å². The van der Waals surface area contributed by atoms with Crippen LogP contribution in [0.4, 0.5) is 0 Å². The molecule has 3 aromatic rings. The third-order valence-electron chi connectivity index (χ3n) is 5.75. The van der Waals surface area contributed by atoms with Gasteiger partial charge in [0, 0.05) is 25.2 Å². The van der Waals surface area contributed by atoms with Crippen molar-refractivity contribution in [2.75, 3.05) is 19.7 Å². The van der Waals surface area contributed by atoms with E-state index < -0.39 is 6.04 Å². The van der Waals surface area contributed by atoms with E-state index in [1.54, 1.807) is 41.5 Å². The third kappa shape index (κ3) is 3.28. The quantitative estimate of drug-likeness (QED) is 0.594. The van der Waals surface area contributed by atoms with Crippen LogP contribution in [0, 0.1) is 12.8 Å². The highest BCUT2D eigenvalue weighted by Crippen LogP contribution is 2.24. The van der Waals surface area contributed by atoms with E-state index in [2.05, 4.69) is 5.10 Å². The molecule has 0 N–H and O–H groups in total.